The average molecular weight is 436 g/mol. The number of nitrogens with one attached hydrogen (secondary N) is 1. The van der Waals surface area contributed by atoms with Gasteiger partial charge in [-0.15, -0.1) is 0 Å². The van der Waals surface area contributed by atoms with Crippen molar-refractivity contribution in [2.24, 2.45) is 0 Å². The molecule has 0 atom stereocenters. The van der Waals surface area contributed by atoms with Crippen molar-refractivity contribution in [3.8, 4) is 11.3 Å². The molecule has 0 aliphatic carbocycles. The number of aryl methyl sites for hydroxylation is 1. The maximum atomic E-state index is 14.4. The topological polar surface area (TPSA) is 86.1 Å². The molecule has 1 amide bonds. The Hall–Kier alpha value is -4.14. The molecule has 0 unspecified atom stereocenters. The first-order chi connectivity index (χ1) is 15.4. The Kier molecular flexibility index (Phi) is 5.63. The van der Waals surface area contributed by atoms with Gasteiger partial charge in [0.15, 0.2) is 5.65 Å². The minimum atomic E-state index is -1.09. The van der Waals surface area contributed by atoms with Gasteiger partial charge < -0.3 is 10.1 Å². The van der Waals surface area contributed by atoms with E-state index in [4.69, 9.17) is 0 Å². The van der Waals surface area contributed by atoms with Crippen LogP contribution in [-0.2, 0) is 11.3 Å². The molecule has 0 fully saturated rings. The number of aromatic nitrogens is 3. The van der Waals surface area contributed by atoms with Gasteiger partial charge in [-0.25, -0.2) is 23.2 Å². The smallest absolute Gasteiger partial charge is 0.340 e. The second-order valence-electron chi connectivity index (χ2n) is 6.88. The SMILES string of the molecule is CCn1ncc2c(C(=O)Nc3cc(C(=O)OC)c(F)cc3F)cc(-c3ccccc3)nc21. The summed E-state index contributed by atoms with van der Waals surface area (Å²) >= 11 is 0. The van der Waals surface area contributed by atoms with Crippen LogP contribution in [0.15, 0.2) is 54.7 Å². The van der Waals surface area contributed by atoms with Crippen molar-refractivity contribution >= 4 is 28.6 Å². The Balaban J connectivity index is 1.81. The molecule has 7 nitrogen and oxygen atoms in total. The third-order valence-corrected chi connectivity index (χ3v) is 4.93. The minimum absolute atomic E-state index is 0.205. The molecule has 9 heteroatoms. The Bertz CT molecular complexity index is 1340. The van der Waals surface area contributed by atoms with Crippen LogP contribution >= 0.6 is 0 Å². The molecule has 0 saturated heterocycles. The van der Waals surface area contributed by atoms with Crippen molar-refractivity contribution in [1.82, 2.24) is 14.8 Å². The van der Waals surface area contributed by atoms with Crippen LogP contribution in [0.4, 0.5) is 14.5 Å². The van der Waals surface area contributed by atoms with Crippen LogP contribution in [0.1, 0.15) is 27.6 Å². The number of ether oxygens (including phenoxy) is 1. The highest BCUT2D eigenvalue weighted by Crippen LogP contribution is 2.27. The van der Waals surface area contributed by atoms with Gasteiger partial charge in [-0.05, 0) is 19.1 Å². The number of nitrogens with zero attached hydrogens (tertiary/aromatic N) is 3. The molecule has 4 aromatic rings. The van der Waals surface area contributed by atoms with E-state index in [1.165, 1.54) is 6.20 Å². The summed E-state index contributed by atoms with van der Waals surface area (Å²) in [7, 11) is 1.08. The van der Waals surface area contributed by atoms with Crippen molar-refractivity contribution in [2.45, 2.75) is 13.5 Å². The first-order valence-electron chi connectivity index (χ1n) is 9.73. The zero-order valence-corrected chi connectivity index (χ0v) is 17.2. The summed E-state index contributed by atoms with van der Waals surface area (Å²) in [5.74, 6) is -3.76. The number of anilines is 1. The largest absolute Gasteiger partial charge is 0.465 e. The number of fused-ring (bicyclic) bond motifs is 1. The van der Waals surface area contributed by atoms with E-state index in [1.54, 1.807) is 10.7 Å². The van der Waals surface area contributed by atoms with Crippen molar-refractivity contribution in [2.75, 3.05) is 12.4 Å². The molecule has 2 aromatic carbocycles. The molecule has 0 bridgehead atoms. The Labute approximate surface area is 181 Å². The van der Waals surface area contributed by atoms with Crippen molar-refractivity contribution in [3.63, 3.8) is 0 Å². The van der Waals surface area contributed by atoms with Gasteiger partial charge in [0, 0.05) is 18.2 Å². The molecular formula is C23H18F2N4O3. The summed E-state index contributed by atoms with van der Waals surface area (Å²) in [4.78, 5) is 29.5. The number of hydrogen-bond acceptors (Lipinski definition) is 5. The predicted octanol–water partition coefficient (Wildman–Crippen LogP) is 4.44. The number of benzene rings is 2. The Morgan fingerprint density at radius 2 is 1.81 bits per heavy atom. The van der Waals surface area contributed by atoms with Gasteiger partial charge in [-0.1, -0.05) is 30.3 Å². The van der Waals surface area contributed by atoms with Crippen LogP contribution in [0.5, 0.6) is 0 Å². The van der Waals surface area contributed by atoms with Crippen molar-refractivity contribution < 1.29 is 23.1 Å². The summed E-state index contributed by atoms with van der Waals surface area (Å²) in [6.07, 6.45) is 1.51. The lowest BCUT2D eigenvalue weighted by molar-refractivity contribution is 0.0595. The van der Waals surface area contributed by atoms with Gasteiger partial charge >= 0.3 is 5.97 Å². The lowest BCUT2D eigenvalue weighted by Crippen LogP contribution is -2.16. The highest BCUT2D eigenvalue weighted by Gasteiger charge is 2.21. The molecule has 0 saturated carbocycles. The van der Waals surface area contributed by atoms with Crippen LogP contribution in [0, 0.1) is 11.6 Å². The third-order valence-electron chi connectivity index (χ3n) is 4.93. The van der Waals surface area contributed by atoms with Crippen molar-refractivity contribution in [3.05, 3.63) is 77.5 Å². The molecule has 4 rings (SSSR count). The zero-order valence-electron chi connectivity index (χ0n) is 17.2. The number of esters is 1. The number of pyridine rings is 1. The molecule has 2 aromatic heterocycles. The molecule has 32 heavy (non-hydrogen) atoms. The van der Waals surface area contributed by atoms with E-state index in [9.17, 15) is 18.4 Å². The fourth-order valence-corrected chi connectivity index (χ4v) is 3.32. The van der Waals surface area contributed by atoms with E-state index in [0.717, 1.165) is 18.7 Å². The predicted molar refractivity (Wildman–Crippen MR) is 114 cm³/mol. The Morgan fingerprint density at radius 3 is 2.50 bits per heavy atom. The molecule has 0 spiro atoms. The van der Waals surface area contributed by atoms with Crippen molar-refractivity contribution in [1.29, 1.82) is 0 Å². The molecule has 162 valence electrons. The first-order valence-corrected chi connectivity index (χ1v) is 9.73. The van der Waals surface area contributed by atoms with Gasteiger partial charge in [0.05, 0.1) is 41.2 Å². The number of rotatable bonds is 5. The molecule has 0 aliphatic heterocycles. The van der Waals surface area contributed by atoms with Crippen LogP contribution < -0.4 is 5.32 Å². The monoisotopic (exact) mass is 436 g/mol. The van der Waals surface area contributed by atoms with Crippen LogP contribution in [0.3, 0.4) is 0 Å². The van der Waals surface area contributed by atoms with E-state index in [0.29, 0.717) is 29.3 Å². The number of halogens is 2. The number of carbonyl (C=O) groups excluding carboxylic acids is 2. The molecule has 0 aliphatic rings. The van der Waals surface area contributed by atoms with E-state index in [2.05, 4.69) is 20.1 Å². The van der Waals surface area contributed by atoms with Crippen LogP contribution in [0.2, 0.25) is 0 Å². The number of amides is 1. The number of hydrogen-bond donors (Lipinski definition) is 1. The quantitative estimate of drug-likeness (QED) is 0.468. The van der Waals surface area contributed by atoms with Gasteiger partial charge in [0.25, 0.3) is 5.91 Å². The lowest BCUT2D eigenvalue weighted by atomic mass is 10.1. The average Bonchev–Trinajstić information content (AvgIpc) is 3.23. The summed E-state index contributed by atoms with van der Waals surface area (Å²) in [5.41, 5.74) is 1.17. The first kappa shape index (κ1) is 21.1. The second kappa shape index (κ2) is 8.54. The van der Waals surface area contributed by atoms with E-state index < -0.39 is 29.1 Å². The maximum absolute atomic E-state index is 14.4. The fourth-order valence-electron chi connectivity index (χ4n) is 3.32. The normalized spacial score (nSPS) is 10.9. The molecule has 1 N–H and O–H groups in total. The maximum Gasteiger partial charge on any atom is 0.340 e. The van der Waals surface area contributed by atoms with Gasteiger partial charge in [-0.3, -0.25) is 4.79 Å². The molecule has 2 heterocycles. The lowest BCUT2D eigenvalue weighted by Gasteiger charge is -2.11. The van der Waals surface area contributed by atoms with E-state index in [-0.39, 0.29) is 11.3 Å². The third kappa shape index (κ3) is 3.80. The molecule has 0 radical (unpaired) electrons. The summed E-state index contributed by atoms with van der Waals surface area (Å²) in [6, 6.07) is 12.3. The molecular weight excluding hydrogens is 418 g/mol. The number of methoxy groups -OCH3 is 1. The summed E-state index contributed by atoms with van der Waals surface area (Å²) < 4.78 is 34.5. The van der Waals surface area contributed by atoms with Crippen LogP contribution in [0.25, 0.3) is 22.3 Å². The zero-order chi connectivity index (χ0) is 22.8. The highest BCUT2D eigenvalue weighted by molar-refractivity contribution is 6.13. The number of carbonyl (C=O) groups is 2. The minimum Gasteiger partial charge on any atom is -0.465 e. The standard InChI is InChI=1S/C23H18F2N4O3/c1-3-29-21-16(12-26-29)14(9-19(27-21)13-7-5-4-6-8-13)22(30)28-20-10-15(23(31)32-2)17(24)11-18(20)25/h4-12H,3H2,1-2H3,(H,28,30). The second-order valence-corrected chi connectivity index (χ2v) is 6.88. The summed E-state index contributed by atoms with van der Waals surface area (Å²) in [6.45, 7) is 2.43. The van der Waals surface area contributed by atoms with E-state index >= 15 is 0 Å². The fraction of sp³-hybridized carbons (Fsp3) is 0.130. The highest BCUT2D eigenvalue weighted by atomic mass is 19.1. The Morgan fingerprint density at radius 1 is 1.06 bits per heavy atom. The summed E-state index contributed by atoms with van der Waals surface area (Å²) in [5, 5.41) is 7.16. The van der Waals surface area contributed by atoms with Gasteiger partial charge in [-0.2, -0.15) is 5.10 Å². The van der Waals surface area contributed by atoms with Gasteiger partial charge in [0.2, 0.25) is 0 Å². The van der Waals surface area contributed by atoms with Crippen LogP contribution in [-0.4, -0.2) is 33.8 Å². The van der Waals surface area contributed by atoms with E-state index in [1.807, 2.05) is 37.3 Å². The van der Waals surface area contributed by atoms with Gasteiger partial charge in [0.1, 0.15) is 11.6 Å².